The number of methoxy groups -OCH3 is 1. The van der Waals surface area contributed by atoms with Gasteiger partial charge in [0.05, 0.1) is 20.3 Å². The van der Waals surface area contributed by atoms with Gasteiger partial charge in [-0.3, -0.25) is 0 Å². The Kier molecular flexibility index (Phi) is 4.63. The second-order valence-corrected chi connectivity index (χ2v) is 2.95. The molecule has 0 saturated carbocycles. The van der Waals surface area contributed by atoms with Gasteiger partial charge in [-0.25, -0.2) is 0 Å². The summed E-state index contributed by atoms with van der Waals surface area (Å²) in [7, 11) is 1.53. The summed E-state index contributed by atoms with van der Waals surface area (Å²) in [6.07, 6.45) is 1.15. The van der Waals surface area contributed by atoms with E-state index in [0.29, 0.717) is 24.5 Å². The molecule has 0 amide bonds. The van der Waals surface area contributed by atoms with Crippen molar-refractivity contribution in [1.29, 1.82) is 0 Å². The van der Waals surface area contributed by atoms with Crippen LogP contribution in [0.25, 0.3) is 0 Å². The molecule has 1 aromatic carbocycles. The van der Waals surface area contributed by atoms with Gasteiger partial charge in [-0.05, 0) is 17.7 Å². The molecule has 1 aromatic rings. The Balaban J connectivity index is 2.73. The number of rotatable bonds is 6. The van der Waals surface area contributed by atoms with Gasteiger partial charge in [0.15, 0.2) is 11.5 Å². The number of benzene rings is 1. The zero-order valence-electron chi connectivity index (χ0n) is 8.60. The van der Waals surface area contributed by atoms with Crippen LogP contribution in [-0.2, 0) is 11.4 Å². The number of carbonyl (C=O) groups excluding carboxylic acids is 1. The first kappa shape index (κ1) is 11.5. The second kappa shape index (κ2) is 6.03. The fourth-order valence-corrected chi connectivity index (χ4v) is 1.15. The van der Waals surface area contributed by atoms with E-state index in [2.05, 4.69) is 0 Å². The van der Waals surface area contributed by atoms with Crippen molar-refractivity contribution in [2.24, 2.45) is 0 Å². The monoisotopic (exact) mass is 210 g/mol. The molecular weight excluding hydrogens is 196 g/mol. The van der Waals surface area contributed by atoms with Gasteiger partial charge in [-0.15, -0.1) is 0 Å². The highest BCUT2D eigenvalue weighted by Gasteiger charge is 2.04. The predicted octanol–water partition coefficient (Wildman–Crippen LogP) is 1.16. The summed E-state index contributed by atoms with van der Waals surface area (Å²) in [6.45, 7) is 0.295. The van der Waals surface area contributed by atoms with Gasteiger partial charge in [0.1, 0.15) is 6.29 Å². The number of carbonyl (C=O) groups is 1. The van der Waals surface area contributed by atoms with Crippen molar-refractivity contribution in [3.05, 3.63) is 23.8 Å². The molecule has 15 heavy (non-hydrogen) atoms. The molecular formula is C11H14O4. The van der Waals surface area contributed by atoms with Gasteiger partial charge >= 0.3 is 0 Å². The number of hydrogen-bond donors (Lipinski definition) is 1. The lowest BCUT2D eigenvalue weighted by molar-refractivity contribution is -0.108. The van der Waals surface area contributed by atoms with Gasteiger partial charge in [0.2, 0.25) is 0 Å². The fourth-order valence-electron chi connectivity index (χ4n) is 1.15. The molecule has 0 unspecified atom stereocenters. The first-order chi connectivity index (χ1) is 7.31. The van der Waals surface area contributed by atoms with E-state index < -0.39 is 0 Å². The van der Waals surface area contributed by atoms with Crippen molar-refractivity contribution in [2.75, 3.05) is 13.7 Å². The SMILES string of the molecule is COc1cc(CO)ccc1OCCC=O. The summed E-state index contributed by atoms with van der Waals surface area (Å²) >= 11 is 0. The predicted molar refractivity (Wildman–Crippen MR) is 55.1 cm³/mol. The molecule has 0 atom stereocenters. The molecule has 82 valence electrons. The van der Waals surface area contributed by atoms with Crippen molar-refractivity contribution in [3.8, 4) is 11.5 Å². The molecule has 1 N–H and O–H groups in total. The van der Waals surface area contributed by atoms with Crippen LogP contribution in [-0.4, -0.2) is 25.1 Å². The third kappa shape index (κ3) is 3.25. The average Bonchev–Trinajstić information content (AvgIpc) is 2.29. The van der Waals surface area contributed by atoms with Crippen LogP contribution in [0.5, 0.6) is 11.5 Å². The summed E-state index contributed by atoms with van der Waals surface area (Å²) in [5.41, 5.74) is 0.759. The molecule has 0 heterocycles. The molecule has 4 nitrogen and oxygen atoms in total. The van der Waals surface area contributed by atoms with E-state index in [-0.39, 0.29) is 6.61 Å². The highest BCUT2D eigenvalue weighted by Crippen LogP contribution is 2.28. The topological polar surface area (TPSA) is 55.8 Å². The van der Waals surface area contributed by atoms with Crippen LogP contribution in [0.4, 0.5) is 0 Å². The van der Waals surface area contributed by atoms with Crippen LogP contribution in [0.2, 0.25) is 0 Å². The smallest absolute Gasteiger partial charge is 0.161 e. The maximum atomic E-state index is 10.1. The third-order valence-corrected chi connectivity index (χ3v) is 1.90. The molecule has 1 rings (SSSR count). The number of aliphatic hydroxyl groups is 1. The molecule has 0 aliphatic rings. The standard InChI is InChI=1S/C11H14O4/c1-14-11-7-9(8-13)3-4-10(11)15-6-2-5-12/h3-5,7,13H,2,6,8H2,1H3. The first-order valence-electron chi connectivity index (χ1n) is 4.66. The van der Waals surface area contributed by atoms with Crippen LogP contribution in [0.3, 0.4) is 0 Å². The molecule has 0 aromatic heterocycles. The number of aliphatic hydroxyl groups excluding tert-OH is 1. The maximum Gasteiger partial charge on any atom is 0.161 e. The van der Waals surface area contributed by atoms with E-state index in [1.54, 1.807) is 18.2 Å². The van der Waals surface area contributed by atoms with Crippen LogP contribution in [0, 0.1) is 0 Å². The lowest BCUT2D eigenvalue weighted by atomic mass is 10.2. The maximum absolute atomic E-state index is 10.1. The van der Waals surface area contributed by atoms with E-state index in [1.165, 1.54) is 7.11 Å². The molecule has 4 heteroatoms. The van der Waals surface area contributed by atoms with E-state index in [9.17, 15) is 4.79 Å². The largest absolute Gasteiger partial charge is 0.493 e. The normalized spacial score (nSPS) is 9.73. The lowest BCUT2D eigenvalue weighted by Crippen LogP contribution is -2.00. The molecule has 0 saturated heterocycles. The summed E-state index contributed by atoms with van der Waals surface area (Å²) in [5.74, 6) is 1.14. The summed E-state index contributed by atoms with van der Waals surface area (Å²) in [4.78, 5) is 10.1. The quantitative estimate of drug-likeness (QED) is 0.565. The van der Waals surface area contributed by atoms with E-state index in [1.807, 2.05) is 0 Å². The summed E-state index contributed by atoms with van der Waals surface area (Å²) in [6, 6.07) is 5.17. The Bertz CT molecular complexity index is 322. The molecule has 0 aliphatic carbocycles. The van der Waals surface area contributed by atoms with Gasteiger partial charge in [-0.1, -0.05) is 6.07 Å². The summed E-state index contributed by atoms with van der Waals surface area (Å²) < 4.78 is 10.4. The van der Waals surface area contributed by atoms with Crippen LogP contribution < -0.4 is 9.47 Å². The van der Waals surface area contributed by atoms with Gasteiger partial charge in [0.25, 0.3) is 0 Å². The van der Waals surface area contributed by atoms with Gasteiger partial charge in [0, 0.05) is 6.42 Å². The zero-order chi connectivity index (χ0) is 11.1. The highest BCUT2D eigenvalue weighted by atomic mass is 16.5. The molecule has 0 radical (unpaired) electrons. The minimum absolute atomic E-state index is 0.0367. The minimum Gasteiger partial charge on any atom is -0.493 e. The molecule has 0 aliphatic heterocycles. The molecule has 0 spiro atoms. The van der Waals surface area contributed by atoms with E-state index in [0.717, 1.165) is 11.8 Å². The van der Waals surface area contributed by atoms with Crippen molar-refractivity contribution in [3.63, 3.8) is 0 Å². The average molecular weight is 210 g/mol. The van der Waals surface area contributed by atoms with Crippen LogP contribution in [0.15, 0.2) is 18.2 Å². The lowest BCUT2D eigenvalue weighted by Gasteiger charge is -2.10. The highest BCUT2D eigenvalue weighted by molar-refractivity contribution is 5.49. The minimum atomic E-state index is -0.0367. The van der Waals surface area contributed by atoms with Crippen molar-refractivity contribution < 1.29 is 19.4 Å². The second-order valence-electron chi connectivity index (χ2n) is 2.95. The number of ether oxygens (including phenoxy) is 2. The van der Waals surface area contributed by atoms with Crippen molar-refractivity contribution >= 4 is 6.29 Å². The van der Waals surface area contributed by atoms with Crippen LogP contribution in [0.1, 0.15) is 12.0 Å². The van der Waals surface area contributed by atoms with E-state index in [4.69, 9.17) is 14.6 Å². The van der Waals surface area contributed by atoms with Crippen molar-refractivity contribution in [2.45, 2.75) is 13.0 Å². The Morgan fingerprint density at radius 3 is 2.80 bits per heavy atom. The van der Waals surface area contributed by atoms with E-state index >= 15 is 0 Å². The van der Waals surface area contributed by atoms with Crippen LogP contribution >= 0.6 is 0 Å². The fraction of sp³-hybridized carbons (Fsp3) is 0.364. The summed E-state index contributed by atoms with van der Waals surface area (Å²) in [5, 5.41) is 8.92. The van der Waals surface area contributed by atoms with Gasteiger partial charge < -0.3 is 19.4 Å². The first-order valence-corrected chi connectivity index (χ1v) is 4.66. The molecule has 0 fully saturated rings. The van der Waals surface area contributed by atoms with Crippen molar-refractivity contribution in [1.82, 2.24) is 0 Å². The Hall–Kier alpha value is -1.55. The Labute approximate surface area is 88.4 Å². The Morgan fingerprint density at radius 1 is 1.40 bits per heavy atom. The number of hydrogen-bond acceptors (Lipinski definition) is 4. The van der Waals surface area contributed by atoms with Gasteiger partial charge in [-0.2, -0.15) is 0 Å². The zero-order valence-corrected chi connectivity index (χ0v) is 8.60. The molecule has 0 bridgehead atoms. The Morgan fingerprint density at radius 2 is 2.20 bits per heavy atom. The third-order valence-electron chi connectivity index (χ3n) is 1.90. The number of aldehydes is 1.